The summed E-state index contributed by atoms with van der Waals surface area (Å²) in [6.45, 7) is 0.280. The van der Waals surface area contributed by atoms with E-state index in [2.05, 4.69) is 4.74 Å². The van der Waals surface area contributed by atoms with Crippen LogP contribution in [0.5, 0.6) is 0 Å². The first kappa shape index (κ1) is 14.7. The first-order chi connectivity index (χ1) is 6.94. The van der Waals surface area contributed by atoms with Crippen LogP contribution in [0.25, 0.3) is 0 Å². The fourth-order valence-corrected chi connectivity index (χ4v) is 2.46. The first-order valence-corrected chi connectivity index (χ1v) is 6.65. The summed E-state index contributed by atoms with van der Waals surface area (Å²) in [7, 11) is -0.543. The van der Waals surface area contributed by atoms with Crippen molar-refractivity contribution in [2.75, 3.05) is 32.3 Å². The van der Waals surface area contributed by atoms with Gasteiger partial charge in [0.1, 0.15) is 0 Å². The minimum Gasteiger partial charge on any atom is -0.469 e. The Morgan fingerprint density at radius 2 is 2.07 bits per heavy atom. The number of sulfonamides is 1. The molecule has 0 heterocycles. The molecule has 90 valence electrons. The van der Waals surface area contributed by atoms with Gasteiger partial charge in [-0.1, -0.05) is 0 Å². The smallest absolute Gasteiger partial charge is 0.305 e. The SMILES string of the molecule is COC(=O)CCCS(=O)(=O)N(C)CCCl. The van der Waals surface area contributed by atoms with Crippen LogP contribution in [-0.4, -0.2) is 51.0 Å². The van der Waals surface area contributed by atoms with E-state index in [9.17, 15) is 13.2 Å². The fraction of sp³-hybridized carbons (Fsp3) is 0.875. The maximum Gasteiger partial charge on any atom is 0.305 e. The highest BCUT2D eigenvalue weighted by molar-refractivity contribution is 7.89. The molecule has 0 radical (unpaired) electrons. The normalized spacial score (nSPS) is 11.7. The van der Waals surface area contributed by atoms with E-state index in [-0.39, 0.29) is 31.0 Å². The zero-order valence-corrected chi connectivity index (χ0v) is 10.5. The maximum absolute atomic E-state index is 11.5. The molecular formula is C8H16ClNO4S. The van der Waals surface area contributed by atoms with Gasteiger partial charge in [0.2, 0.25) is 10.0 Å². The number of alkyl halides is 1. The lowest BCUT2D eigenvalue weighted by atomic mass is 10.3. The van der Waals surface area contributed by atoms with Crippen LogP contribution in [0.3, 0.4) is 0 Å². The Kier molecular flexibility index (Phi) is 6.87. The lowest BCUT2D eigenvalue weighted by molar-refractivity contribution is -0.140. The summed E-state index contributed by atoms with van der Waals surface area (Å²) in [6, 6.07) is 0. The third kappa shape index (κ3) is 5.96. The minimum atomic E-state index is -3.29. The summed E-state index contributed by atoms with van der Waals surface area (Å²) in [5.74, 6) is -0.201. The van der Waals surface area contributed by atoms with Crippen LogP contribution in [0.4, 0.5) is 0 Å². The fourth-order valence-electron chi connectivity index (χ4n) is 0.915. The van der Waals surface area contributed by atoms with E-state index < -0.39 is 16.0 Å². The van der Waals surface area contributed by atoms with Crippen LogP contribution in [0, 0.1) is 0 Å². The summed E-state index contributed by atoms with van der Waals surface area (Å²) in [4.78, 5) is 10.7. The second-order valence-corrected chi connectivity index (χ2v) is 5.58. The molecule has 0 amide bonds. The standard InChI is InChI=1S/C8H16ClNO4S/c1-10(6-5-9)15(12,13)7-3-4-8(11)14-2/h3-7H2,1-2H3. The molecule has 0 fully saturated rings. The Morgan fingerprint density at radius 1 is 1.47 bits per heavy atom. The monoisotopic (exact) mass is 257 g/mol. The molecule has 5 nitrogen and oxygen atoms in total. The van der Waals surface area contributed by atoms with Crippen LogP contribution in [0.1, 0.15) is 12.8 Å². The Bertz CT molecular complexity index is 291. The second kappa shape index (κ2) is 7.03. The van der Waals surface area contributed by atoms with Crippen molar-refractivity contribution >= 4 is 27.6 Å². The van der Waals surface area contributed by atoms with Crippen LogP contribution in [0.15, 0.2) is 0 Å². The lowest BCUT2D eigenvalue weighted by Gasteiger charge is -2.15. The highest BCUT2D eigenvalue weighted by Gasteiger charge is 2.17. The molecular weight excluding hydrogens is 242 g/mol. The molecule has 0 aromatic carbocycles. The minimum absolute atomic E-state index is 0.0600. The van der Waals surface area contributed by atoms with Gasteiger partial charge in [-0.25, -0.2) is 12.7 Å². The third-order valence-electron chi connectivity index (χ3n) is 1.89. The number of hydrogen-bond acceptors (Lipinski definition) is 4. The largest absolute Gasteiger partial charge is 0.469 e. The number of methoxy groups -OCH3 is 1. The molecule has 0 aliphatic rings. The van der Waals surface area contributed by atoms with E-state index in [1.807, 2.05) is 0 Å². The predicted molar refractivity (Wildman–Crippen MR) is 58.4 cm³/mol. The van der Waals surface area contributed by atoms with Crippen molar-refractivity contribution in [1.82, 2.24) is 4.31 Å². The van der Waals surface area contributed by atoms with Crippen LogP contribution in [0.2, 0.25) is 0 Å². The molecule has 0 aromatic rings. The van der Waals surface area contributed by atoms with Gasteiger partial charge in [-0.3, -0.25) is 4.79 Å². The summed E-state index contributed by atoms with van der Waals surface area (Å²) in [5, 5.41) is 0. The summed E-state index contributed by atoms with van der Waals surface area (Å²) >= 11 is 5.43. The Balaban J connectivity index is 3.99. The van der Waals surface area contributed by atoms with E-state index in [0.29, 0.717) is 0 Å². The van der Waals surface area contributed by atoms with E-state index in [4.69, 9.17) is 11.6 Å². The topological polar surface area (TPSA) is 63.7 Å². The Morgan fingerprint density at radius 3 is 2.53 bits per heavy atom. The number of rotatable bonds is 7. The molecule has 0 N–H and O–H groups in total. The summed E-state index contributed by atoms with van der Waals surface area (Å²) in [6.07, 6.45) is 0.381. The molecule has 0 rings (SSSR count). The zero-order valence-electron chi connectivity index (χ0n) is 8.90. The van der Waals surface area contributed by atoms with Crippen molar-refractivity contribution < 1.29 is 17.9 Å². The average Bonchev–Trinajstić information content (AvgIpc) is 2.17. The molecule has 0 saturated heterocycles. The molecule has 0 spiro atoms. The van der Waals surface area contributed by atoms with E-state index in [1.54, 1.807) is 0 Å². The number of nitrogens with zero attached hydrogens (tertiary/aromatic N) is 1. The van der Waals surface area contributed by atoms with Crippen molar-refractivity contribution in [3.05, 3.63) is 0 Å². The van der Waals surface area contributed by atoms with Crippen molar-refractivity contribution in [3.63, 3.8) is 0 Å². The lowest BCUT2D eigenvalue weighted by Crippen LogP contribution is -2.31. The van der Waals surface area contributed by atoms with Crippen LogP contribution < -0.4 is 0 Å². The van der Waals surface area contributed by atoms with Gasteiger partial charge in [0.25, 0.3) is 0 Å². The second-order valence-electron chi connectivity index (χ2n) is 3.01. The molecule has 0 aromatic heterocycles. The van der Waals surface area contributed by atoms with Crippen molar-refractivity contribution in [2.45, 2.75) is 12.8 Å². The zero-order chi connectivity index (χ0) is 11.9. The van der Waals surface area contributed by atoms with Crippen LogP contribution >= 0.6 is 11.6 Å². The molecule has 0 atom stereocenters. The third-order valence-corrected chi connectivity index (χ3v) is 3.99. The van der Waals surface area contributed by atoms with Gasteiger partial charge in [0.05, 0.1) is 12.9 Å². The summed E-state index contributed by atoms with van der Waals surface area (Å²) < 4.78 is 28.6. The molecule has 7 heteroatoms. The first-order valence-electron chi connectivity index (χ1n) is 4.51. The van der Waals surface area contributed by atoms with Crippen molar-refractivity contribution in [2.24, 2.45) is 0 Å². The number of carbonyl (C=O) groups is 1. The molecule has 15 heavy (non-hydrogen) atoms. The van der Waals surface area contributed by atoms with E-state index in [1.165, 1.54) is 18.5 Å². The molecule has 0 unspecified atom stereocenters. The predicted octanol–water partition coefficient (Wildman–Crippen LogP) is 0.440. The van der Waals surface area contributed by atoms with Crippen molar-refractivity contribution in [1.29, 1.82) is 0 Å². The average molecular weight is 258 g/mol. The molecule has 0 aliphatic carbocycles. The van der Waals surface area contributed by atoms with Gasteiger partial charge >= 0.3 is 5.97 Å². The number of halogens is 1. The van der Waals surface area contributed by atoms with Crippen molar-refractivity contribution in [3.8, 4) is 0 Å². The van der Waals surface area contributed by atoms with E-state index in [0.717, 1.165) is 0 Å². The highest BCUT2D eigenvalue weighted by atomic mass is 35.5. The Hall–Kier alpha value is -0.330. The van der Waals surface area contributed by atoms with Gasteiger partial charge in [-0.2, -0.15) is 0 Å². The molecule has 0 aliphatic heterocycles. The molecule has 0 bridgehead atoms. The number of hydrogen-bond donors (Lipinski definition) is 0. The van der Waals surface area contributed by atoms with Gasteiger partial charge in [0, 0.05) is 25.9 Å². The van der Waals surface area contributed by atoms with E-state index >= 15 is 0 Å². The quantitative estimate of drug-likeness (QED) is 0.490. The van der Waals surface area contributed by atoms with Gasteiger partial charge < -0.3 is 4.74 Å². The summed E-state index contributed by atoms with van der Waals surface area (Å²) in [5.41, 5.74) is 0. The number of ether oxygens (including phenoxy) is 1. The highest BCUT2D eigenvalue weighted by Crippen LogP contribution is 2.03. The Labute approximate surface area is 95.4 Å². The van der Waals surface area contributed by atoms with Crippen LogP contribution in [-0.2, 0) is 19.6 Å². The van der Waals surface area contributed by atoms with Gasteiger partial charge in [-0.05, 0) is 6.42 Å². The van der Waals surface area contributed by atoms with Gasteiger partial charge in [0.15, 0.2) is 0 Å². The molecule has 0 saturated carbocycles. The number of carbonyl (C=O) groups excluding carboxylic acids is 1. The maximum atomic E-state index is 11.5. The number of esters is 1. The van der Waals surface area contributed by atoms with Gasteiger partial charge in [-0.15, -0.1) is 11.6 Å².